The lowest BCUT2D eigenvalue weighted by molar-refractivity contribution is 0.397. The Kier molecular flexibility index (Phi) is 5.21. The van der Waals surface area contributed by atoms with Gasteiger partial charge in [0.25, 0.3) is 0 Å². The van der Waals surface area contributed by atoms with Crippen LogP contribution in [0, 0.1) is 5.92 Å². The highest BCUT2D eigenvalue weighted by molar-refractivity contribution is 7.89. The summed E-state index contributed by atoms with van der Waals surface area (Å²) in [6.45, 7) is 2.78. The van der Waals surface area contributed by atoms with Gasteiger partial charge in [-0.05, 0) is 18.8 Å². The summed E-state index contributed by atoms with van der Waals surface area (Å²) < 4.78 is 24.4. The van der Waals surface area contributed by atoms with Gasteiger partial charge in [-0.15, -0.1) is 0 Å². The van der Waals surface area contributed by atoms with E-state index in [9.17, 15) is 8.42 Å². The van der Waals surface area contributed by atoms with Crippen LogP contribution >= 0.6 is 0 Å². The van der Waals surface area contributed by atoms with Gasteiger partial charge in [-0.1, -0.05) is 19.8 Å². The average molecular weight is 248 g/mol. The molecule has 4 nitrogen and oxygen atoms in total. The molecule has 96 valence electrons. The van der Waals surface area contributed by atoms with E-state index in [1.807, 2.05) is 0 Å². The molecule has 5 heteroatoms. The summed E-state index contributed by atoms with van der Waals surface area (Å²) in [5.41, 5.74) is 0. The third-order valence-electron chi connectivity index (χ3n) is 3.51. The monoisotopic (exact) mass is 248 g/mol. The highest BCUT2D eigenvalue weighted by Crippen LogP contribution is 2.27. The molecule has 1 aliphatic carbocycles. The van der Waals surface area contributed by atoms with Crippen molar-refractivity contribution in [1.29, 1.82) is 0 Å². The molecule has 0 aliphatic heterocycles. The SMILES string of the molecule is CCC1CCCC1NCCS(=O)(=O)N(C)C. The van der Waals surface area contributed by atoms with Crippen molar-refractivity contribution in [3.63, 3.8) is 0 Å². The predicted octanol–water partition coefficient (Wildman–Crippen LogP) is 1.05. The Labute approximate surface area is 99.5 Å². The fourth-order valence-electron chi connectivity index (χ4n) is 2.35. The maximum atomic E-state index is 11.5. The van der Waals surface area contributed by atoms with Crippen molar-refractivity contribution in [3.8, 4) is 0 Å². The first kappa shape index (κ1) is 13.9. The molecular formula is C11H24N2O2S. The van der Waals surface area contributed by atoms with Crippen LogP contribution in [0.15, 0.2) is 0 Å². The third-order valence-corrected chi connectivity index (χ3v) is 5.34. The van der Waals surface area contributed by atoms with E-state index in [4.69, 9.17) is 0 Å². The predicted molar refractivity (Wildman–Crippen MR) is 66.9 cm³/mol. The van der Waals surface area contributed by atoms with Crippen LogP contribution in [0.2, 0.25) is 0 Å². The van der Waals surface area contributed by atoms with E-state index in [-0.39, 0.29) is 5.75 Å². The second-order valence-electron chi connectivity index (χ2n) is 4.76. The molecule has 0 amide bonds. The highest BCUT2D eigenvalue weighted by atomic mass is 32.2. The fraction of sp³-hybridized carbons (Fsp3) is 1.00. The standard InChI is InChI=1S/C11H24N2O2S/c1-4-10-6-5-7-11(10)12-8-9-16(14,15)13(2)3/h10-12H,4-9H2,1-3H3. The van der Waals surface area contributed by atoms with Gasteiger partial charge in [0.05, 0.1) is 5.75 Å². The number of sulfonamides is 1. The highest BCUT2D eigenvalue weighted by Gasteiger charge is 2.25. The van der Waals surface area contributed by atoms with Gasteiger partial charge in [-0.2, -0.15) is 0 Å². The molecule has 0 saturated heterocycles. The number of hydrogen-bond donors (Lipinski definition) is 1. The smallest absolute Gasteiger partial charge is 0.214 e. The Balaban J connectivity index is 2.30. The lowest BCUT2D eigenvalue weighted by atomic mass is 10.0. The lowest BCUT2D eigenvalue weighted by Gasteiger charge is -2.20. The van der Waals surface area contributed by atoms with Crippen LogP contribution in [-0.2, 0) is 10.0 Å². The van der Waals surface area contributed by atoms with E-state index in [2.05, 4.69) is 12.2 Å². The van der Waals surface area contributed by atoms with Gasteiger partial charge in [0.2, 0.25) is 10.0 Å². The molecule has 1 fully saturated rings. The summed E-state index contributed by atoms with van der Waals surface area (Å²) >= 11 is 0. The molecule has 0 aromatic carbocycles. The fourth-order valence-corrected chi connectivity index (χ4v) is 3.09. The number of hydrogen-bond acceptors (Lipinski definition) is 3. The van der Waals surface area contributed by atoms with Crippen LogP contribution in [0.5, 0.6) is 0 Å². The van der Waals surface area contributed by atoms with Crippen LogP contribution in [-0.4, -0.2) is 45.2 Å². The summed E-state index contributed by atoms with van der Waals surface area (Å²) in [6, 6.07) is 0.530. The van der Waals surface area contributed by atoms with Crippen molar-refractivity contribution in [2.45, 2.75) is 38.6 Å². The summed E-state index contributed by atoms with van der Waals surface area (Å²) in [5, 5.41) is 3.39. The summed E-state index contributed by atoms with van der Waals surface area (Å²) in [5.74, 6) is 0.939. The van der Waals surface area contributed by atoms with Crippen LogP contribution < -0.4 is 5.32 Å². The van der Waals surface area contributed by atoms with Gasteiger partial charge < -0.3 is 5.32 Å². The minimum atomic E-state index is -3.04. The van der Waals surface area contributed by atoms with Crippen molar-refractivity contribution in [2.75, 3.05) is 26.4 Å². The minimum absolute atomic E-state index is 0.201. The van der Waals surface area contributed by atoms with Gasteiger partial charge in [0, 0.05) is 26.7 Å². The molecule has 0 heterocycles. The Morgan fingerprint density at radius 1 is 1.31 bits per heavy atom. The summed E-state index contributed by atoms with van der Waals surface area (Å²) in [7, 11) is 0.123. The van der Waals surface area contributed by atoms with Crippen LogP contribution in [0.1, 0.15) is 32.6 Å². The van der Waals surface area contributed by atoms with Crippen molar-refractivity contribution in [3.05, 3.63) is 0 Å². The van der Waals surface area contributed by atoms with E-state index in [1.165, 1.54) is 30.0 Å². The Morgan fingerprint density at radius 3 is 2.56 bits per heavy atom. The molecule has 0 spiro atoms. The first-order valence-electron chi connectivity index (χ1n) is 6.11. The third kappa shape index (κ3) is 3.71. The molecule has 2 atom stereocenters. The van der Waals surface area contributed by atoms with E-state index < -0.39 is 10.0 Å². The van der Waals surface area contributed by atoms with Crippen molar-refractivity contribution < 1.29 is 8.42 Å². The normalized spacial score (nSPS) is 26.5. The molecule has 16 heavy (non-hydrogen) atoms. The van der Waals surface area contributed by atoms with Crippen molar-refractivity contribution in [2.24, 2.45) is 5.92 Å². The molecule has 0 radical (unpaired) electrons. The molecule has 1 aliphatic rings. The van der Waals surface area contributed by atoms with Crippen LogP contribution in [0.3, 0.4) is 0 Å². The van der Waals surface area contributed by atoms with Gasteiger partial charge in [-0.3, -0.25) is 0 Å². The largest absolute Gasteiger partial charge is 0.313 e. The van der Waals surface area contributed by atoms with E-state index in [0.717, 1.165) is 5.92 Å². The topological polar surface area (TPSA) is 49.4 Å². The van der Waals surface area contributed by atoms with Crippen molar-refractivity contribution in [1.82, 2.24) is 9.62 Å². The minimum Gasteiger partial charge on any atom is -0.313 e. The first-order chi connectivity index (χ1) is 7.47. The zero-order chi connectivity index (χ0) is 12.2. The van der Waals surface area contributed by atoms with E-state index in [1.54, 1.807) is 14.1 Å². The first-order valence-corrected chi connectivity index (χ1v) is 7.72. The van der Waals surface area contributed by atoms with Gasteiger partial charge in [-0.25, -0.2) is 12.7 Å². The second kappa shape index (κ2) is 5.98. The Morgan fingerprint density at radius 2 is 2.00 bits per heavy atom. The summed E-state index contributed by atoms with van der Waals surface area (Å²) in [4.78, 5) is 0. The van der Waals surface area contributed by atoms with Gasteiger partial charge in [0.1, 0.15) is 0 Å². The molecule has 1 saturated carbocycles. The van der Waals surface area contributed by atoms with Gasteiger partial charge in [0.15, 0.2) is 0 Å². The molecule has 0 bridgehead atoms. The molecule has 1 N–H and O–H groups in total. The Hall–Kier alpha value is -0.130. The van der Waals surface area contributed by atoms with E-state index >= 15 is 0 Å². The molecule has 0 aromatic rings. The quantitative estimate of drug-likeness (QED) is 0.764. The Bertz CT molecular complexity index is 301. The zero-order valence-electron chi connectivity index (χ0n) is 10.6. The van der Waals surface area contributed by atoms with Gasteiger partial charge >= 0.3 is 0 Å². The molecule has 1 rings (SSSR count). The molecule has 2 unspecified atom stereocenters. The number of nitrogens with zero attached hydrogens (tertiary/aromatic N) is 1. The number of rotatable bonds is 6. The average Bonchev–Trinajstić information content (AvgIpc) is 2.64. The van der Waals surface area contributed by atoms with E-state index in [0.29, 0.717) is 12.6 Å². The summed E-state index contributed by atoms with van der Waals surface area (Å²) in [6.07, 6.45) is 4.95. The lowest BCUT2D eigenvalue weighted by Crippen LogP contribution is -2.37. The van der Waals surface area contributed by atoms with Crippen LogP contribution in [0.25, 0.3) is 0 Å². The number of nitrogens with one attached hydrogen (secondary N) is 1. The zero-order valence-corrected chi connectivity index (χ0v) is 11.4. The van der Waals surface area contributed by atoms with Crippen LogP contribution in [0.4, 0.5) is 0 Å². The maximum absolute atomic E-state index is 11.5. The van der Waals surface area contributed by atoms with Crippen molar-refractivity contribution >= 4 is 10.0 Å². The molecular weight excluding hydrogens is 224 g/mol. The second-order valence-corrected chi connectivity index (χ2v) is 7.06. The molecule has 0 aromatic heterocycles. The maximum Gasteiger partial charge on any atom is 0.214 e.